The molecule has 0 amide bonds. The highest BCUT2D eigenvalue weighted by Gasteiger charge is 2.31. The summed E-state index contributed by atoms with van der Waals surface area (Å²) in [7, 11) is 0. The minimum atomic E-state index is -0.590. The molecule has 0 spiro atoms. The van der Waals surface area contributed by atoms with Gasteiger partial charge in [0.1, 0.15) is 11.5 Å². The lowest BCUT2D eigenvalue weighted by Gasteiger charge is -2.24. The van der Waals surface area contributed by atoms with E-state index in [0.717, 1.165) is 12.0 Å². The number of esters is 1. The monoisotopic (exact) mass is 210 g/mol. The lowest BCUT2D eigenvalue weighted by Crippen LogP contribution is -2.33. The lowest BCUT2D eigenvalue weighted by molar-refractivity contribution is -0.161. The number of rotatable bonds is 1. The van der Waals surface area contributed by atoms with Crippen molar-refractivity contribution in [2.75, 3.05) is 0 Å². The second-order valence-electron chi connectivity index (χ2n) is 5.02. The van der Waals surface area contributed by atoms with E-state index in [9.17, 15) is 9.59 Å². The quantitative estimate of drug-likeness (QED) is 0.492. The van der Waals surface area contributed by atoms with Crippen molar-refractivity contribution in [3.63, 3.8) is 0 Å². The van der Waals surface area contributed by atoms with Crippen LogP contribution >= 0.6 is 0 Å². The zero-order valence-electron chi connectivity index (χ0n) is 9.79. The first-order valence-electron chi connectivity index (χ1n) is 5.23. The van der Waals surface area contributed by atoms with Crippen LogP contribution in [0.15, 0.2) is 11.6 Å². The van der Waals surface area contributed by atoms with Gasteiger partial charge in [0.05, 0.1) is 0 Å². The molecule has 15 heavy (non-hydrogen) atoms. The zero-order chi connectivity index (χ0) is 11.6. The molecule has 1 aliphatic carbocycles. The Morgan fingerprint density at radius 3 is 2.53 bits per heavy atom. The van der Waals surface area contributed by atoms with Gasteiger partial charge in [0, 0.05) is 0 Å². The van der Waals surface area contributed by atoms with Crippen LogP contribution in [0.4, 0.5) is 0 Å². The van der Waals surface area contributed by atoms with Gasteiger partial charge >= 0.3 is 5.97 Å². The summed E-state index contributed by atoms with van der Waals surface area (Å²) < 4.78 is 5.19. The minimum absolute atomic E-state index is 0.118. The molecule has 0 saturated heterocycles. The smallest absolute Gasteiger partial charge is 0.317 e. The van der Waals surface area contributed by atoms with Gasteiger partial charge in [0.15, 0.2) is 5.78 Å². The zero-order valence-corrected chi connectivity index (χ0v) is 9.79. The van der Waals surface area contributed by atoms with Crippen molar-refractivity contribution in [3.05, 3.63) is 11.6 Å². The third-order valence-corrected chi connectivity index (χ3v) is 2.25. The van der Waals surface area contributed by atoms with Crippen molar-refractivity contribution in [2.24, 2.45) is 5.92 Å². The van der Waals surface area contributed by atoms with Gasteiger partial charge < -0.3 is 4.74 Å². The number of carbonyl (C=O) groups excluding carboxylic acids is 2. The second-order valence-corrected chi connectivity index (χ2v) is 5.02. The summed E-state index contributed by atoms with van der Waals surface area (Å²) in [5, 5.41) is 0. The van der Waals surface area contributed by atoms with Crippen LogP contribution < -0.4 is 0 Å². The molecule has 3 heteroatoms. The Balaban J connectivity index is 2.66. The highest BCUT2D eigenvalue weighted by molar-refractivity contribution is 6.06. The SMILES string of the molecule is CC1=CC(=O)C(C(=O)OC(C)(C)C)CC1. The molecule has 0 heterocycles. The minimum Gasteiger partial charge on any atom is -0.459 e. The Bertz CT molecular complexity index is 307. The van der Waals surface area contributed by atoms with Crippen LogP contribution in [0.2, 0.25) is 0 Å². The molecule has 0 aliphatic heterocycles. The van der Waals surface area contributed by atoms with E-state index in [-0.39, 0.29) is 5.78 Å². The molecule has 0 radical (unpaired) electrons. The van der Waals surface area contributed by atoms with Gasteiger partial charge in [-0.3, -0.25) is 9.59 Å². The van der Waals surface area contributed by atoms with Crippen molar-refractivity contribution >= 4 is 11.8 Å². The first-order chi connectivity index (χ1) is 6.79. The van der Waals surface area contributed by atoms with Gasteiger partial charge in [-0.25, -0.2) is 0 Å². The van der Waals surface area contributed by atoms with Crippen LogP contribution in [0.1, 0.15) is 40.5 Å². The van der Waals surface area contributed by atoms with Gasteiger partial charge in [0.25, 0.3) is 0 Å². The summed E-state index contributed by atoms with van der Waals surface area (Å²) in [5.41, 5.74) is 0.521. The molecule has 0 aromatic carbocycles. The number of ether oxygens (including phenoxy) is 1. The van der Waals surface area contributed by atoms with Crippen molar-refractivity contribution < 1.29 is 14.3 Å². The number of carbonyl (C=O) groups is 2. The second kappa shape index (κ2) is 4.17. The van der Waals surface area contributed by atoms with Crippen molar-refractivity contribution in [3.8, 4) is 0 Å². The molecule has 0 saturated carbocycles. The summed E-state index contributed by atoms with van der Waals surface area (Å²) in [6.07, 6.45) is 2.93. The predicted molar refractivity (Wildman–Crippen MR) is 57.3 cm³/mol. The molecule has 84 valence electrons. The van der Waals surface area contributed by atoms with Crippen molar-refractivity contribution in [1.29, 1.82) is 0 Å². The Morgan fingerprint density at radius 1 is 1.47 bits per heavy atom. The molecule has 1 unspecified atom stereocenters. The number of hydrogen-bond acceptors (Lipinski definition) is 3. The van der Waals surface area contributed by atoms with E-state index >= 15 is 0 Å². The summed E-state index contributed by atoms with van der Waals surface area (Å²) >= 11 is 0. The highest BCUT2D eigenvalue weighted by atomic mass is 16.6. The fourth-order valence-electron chi connectivity index (χ4n) is 1.54. The topological polar surface area (TPSA) is 43.4 Å². The summed E-state index contributed by atoms with van der Waals surface area (Å²) in [4.78, 5) is 23.2. The Labute approximate surface area is 90.5 Å². The molecule has 0 bridgehead atoms. The Hall–Kier alpha value is -1.12. The largest absolute Gasteiger partial charge is 0.459 e. The Morgan fingerprint density at radius 2 is 2.07 bits per heavy atom. The van der Waals surface area contributed by atoms with E-state index < -0.39 is 17.5 Å². The van der Waals surface area contributed by atoms with Crippen molar-refractivity contribution in [2.45, 2.75) is 46.1 Å². The summed E-state index contributed by atoms with van der Waals surface area (Å²) in [6.45, 7) is 7.32. The van der Waals surface area contributed by atoms with E-state index in [1.807, 2.05) is 6.92 Å². The first-order valence-corrected chi connectivity index (χ1v) is 5.23. The average Bonchev–Trinajstić information content (AvgIpc) is 1.99. The standard InChI is InChI=1S/C12H18O3/c1-8-5-6-9(10(13)7-8)11(14)15-12(2,3)4/h7,9H,5-6H2,1-4H3. The summed E-state index contributed by atoms with van der Waals surface area (Å²) in [6, 6.07) is 0. The normalized spacial score (nSPS) is 22.3. The number of hydrogen-bond donors (Lipinski definition) is 0. The molecular weight excluding hydrogens is 192 g/mol. The molecule has 0 fully saturated rings. The van der Waals surface area contributed by atoms with E-state index in [1.54, 1.807) is 26.8 Å². The van der Waals surface area contributed by atoms with E-state index in [2.05, 4.69) is 0 Å². The van der Waals surface area contributed by atoms with Crippen LogP contribution in [0.3, 0.4) is 0 Å². The molecule has 1 aliphatic rings. The van der Waals surface area contributed by atoms with Gasteiger partial charge in [0.2, 0.25) is 0 Å². The van der Waals surface area contributed by atoms with E-state index in [4.69, 9.17) is 4.74 Å². The van der Waals surface area contributed by atoms with Gasteiger partial charge in [-0.2, -0.15) is 0 Å². The van der Waals surface area contributed by atoms with Gasteiger partial charge in [-0.05, 0) is 46.6 Å². The van der Waals surface area contributed by atoms with Gasteiger partial charge in [-0.1, -0.05) is 5.57 Å². The van der Waals surface area contributed by atoms with Crippen LogP contribution in [0.5, 0.6) is 0 Å². The molecule has 0 aromatic rings. The number of allylic oxidation sites excluding steroid dienone is 2. The van der Waals surface area contributed by atoms with Crippen LogP contribution in [0, 0.1) is 5.92 Å². The van der Waals surface area contributed by atoms with Crippen LogP contribution in [-0.4, -0.2) is 17.4 Å². The van der Waals surface area contributed by atoms with Crippen molar-refractivity contribution in [1.82, 2.24) is 0 Å². The molecule has 3 nitrogen and oxygen atoms in total. The fraction of sp³-hybridized carbons (Fsp3) is 0.667. The summed E-state index contributed by atoms with van der Waals surface area (Å²) in [5.74, 6) is -1.10. The maximum atomic E-state index is 11.7. The maximum Gasteiger partial charge on any atom is 0.317 e. The Kier molecular flexibility index (Phi) is 3.32. The maximum absolute atomic E-state index is 11.7. The fourth-order valence-corrected chi connectivity index (χ4v) is 1.54. The van der Waals surface area contributed by atoms with Gasteiger partial charge in [-0.15, -0.1) is 0 Å². The molecule has 1 rings (SSSR count). The third kappa shape index (κ3) is 3.50. The third-order valence-electron chi connectivity index (χ3n) is 2.25. The van der Waals surface area contributed by atoms with Crippen LogP contribution in [0.25, 0.3) is 0 Å². The van der Waals surface area contributed by atoms with E-state index in [0.29, 0.717) is 6.42 Å². The highest BCUT2D eigenvalue weighted by Crippen LogP contribution is 2.23. The first kappa shape index (κ1) is 12.0. The predicted octanol–water partition coefficient (Wildman–Crippen LogP) is 2.25. The molecule has 0 aromatic heterocycles. The molecule has 1 atom stereocenters. The average molecular weight is 210 g/mol. The molecular formula is C12H18O3. The van der Waals surface area contributed by atoms with E-state index in [1.165, 1.54) is 0 Å². The lowest BCUT2D eigenvalue weighted by atomic mass is 9.89. The molecule has 0 N–H and O–H groups in total. The number of ketones is 1. The van der Waals surface area contributed by atoms with Crippen LogP contribution in [-0.2, 0) is 14.3 Å².